The van der Waals surface area contributed by atoms with Gasteiger partial charge in [-0.1, -0.05) is 18.2 Å². The van der Waals surface area contributed by atoms with Gasteiger partial charge in [0.25, 0.3) is 0 Å². The summed E-state index contributed by atoms with van der Waals surface area (Å²) in [4.78, 5) is 11.8. The molecule has 0 aliphatic carbocycles. The second-order valence-corrected chi connectivity index (χ2v) is 7.32. The van der Waals surface area contributed by atoms with Crippen LogP contribution in [0.15, 0.2) is 47.4 Å². The normalized spacial score (nSPS) is 13.8. The molecule has 0 amide bonds. The smallest absolute Gasteiger partial charge is 0.416 e. The molecule has 0 heterocycles. The Morgan fingerprint density at radius 1 is 1.20 bits per heavy atom. The molecule has 0 aliphatic heterocycles. The van der Waals surface area contributed by atoms with Crippen LogP contribution in [0.5, 0.6) is 0 Å². The second kappa shape index (κ2) is 6.79. The third-order valence-electron chi connectivity index (χ3n) is 3.48. The summed E-state index contributed by atoms with van der Waals surface area (Å²) in [6, 6.07) is 8.85. The standard InChI is InChI=1S/C17H16F3NO3S/c1-11-6-4-9-14(15(11)16(22)24-2)21-25(3,23)13-8-5-7-12(10-13)17(18,19)20/h4-10H,3H2,1-2H3,(H,21,23). The Bertz CT molecular complexity index is 906. The van der Waals surface area contributed by atoms with Crippen molar-refractivity contribution in [1.29, 1.82) is 0 Å². The molecule has 0 saturated heterocycles. The number of carbonyl (C=O) groups excluding carboxylic acids is 1. The molecule has 0 aliphatic rings. The van der Waals surface area contributed by atoms with Crippen molar-refractivity contribution in [3.05, 3.63) is 59.2 Å². The Morgan fingerprint density at radius 3 is 2.44 bits per heavy atom. The van der Waals surface area contributed by atoms with E-state index in [4.69, 9.17) is 4.74 Å². The highest BCUT2D eigenvalue weighted by atomic mass is 32.2. The van der Waals surface area contributed by atoms with Gasteiger partial charge in [-0.25, -0.2) is 9.00 Å². The van der Waals surface area contributed by atoms with Gasteiger partial charge < -0.3 is 9.46 Å². The first-order chi connectivity index (χ1) is 11.6. The molecule has 1 N–H and O–H groups in total. The first kappa shape index (κ1) is 18.9. The number of esters is 1. The van der Waals surface area contributed by atoms with Crippen molar-refractivity contribution in [3.8, 4) is 0 Å². The molecular formula is C17H16F3NO3S. The van der Waals surface area contributed by atoms with E-state index in [1.54, 1.807) is 19.1 Å². The molecular weight excluding hydrogens is 355 g/mol. The van der Waals surface area contributed by atoms with Crippen LogP contribution in [0, 0.1) is 6.92 Å². The average molecular weight is 371 g/mol. The number of aryl methyl sites for hydroxylation is 1. The topological polar surface area (TPSA) is 55.4 Å². The average Bonchev–Trinajstić information content (AvgIpc) is 2.53. The molecule has 8 heteroatoms. The predicted molar refractivity (Wildman–Crippen MR) is 91.1 cm³/mol. The van der Waals surface area contributed by atoms with E-state index in [0.717, 1.165) is 18.2 Å². The number of ether oxygens (including phenoxy) is 1. The first-order valence-electron chi connectivity index (χ1n) is 7.06. The van der Waals surface area contributed by atoms with E-state index in [9.17, 15) is 22.2 Å². The second-order valence-electron chi connectivity index (χ2n) is 5.29. The number of anilines is 1. The van der Waals surface area contributed by atoms with Crippen molar-refractivity contribution in [2.45, 2.75) is 18.0 Å². The molecule has 4 nitrogen and oxygen atoms in total. The van der Waals surface area contributed by atoms with E-state index in [2.05, 4.69) is 10.6 Å². The Balaban J connectivity index is 2.48. The predicted octanol–water partition coefficient (Wildman–Crippen LogP) is 3.90. The van der Waals surface area contributed by atoms with Crippen molar-refractivity contribution in [2.75, 3.05) is 11.8 Å². The van der Waals surface area contributed by atoms with E-state index in [-0.39, 0.29) is 16.1 Å². The van der Waals surface area contributed by atoms with Crippen LogP contribution in [-0.4, -0.2) is 23.2 Å². The lowest BCUT2D eigenvalue weighted by Crippen LogP contribution is -2.17. The van der Waals surface area contributed by atoms with Crippen molar-refractivity contribution in [2.24, 2.45) is 0 Å². The maximum Gasteiger partial charge on any atom is 0.416 e. The van der Waals surface area contributed by atoms with Gasteiger partial charge in [0.05, 0.1) is 38.5 Å². The quantitative estimate of drug-likeness (QED) is 0.655. The lowest BCUT2D eigenvalue weighted by Gasteiger charge is -2.17. The maximum atomic E-state index is 12.9. The van der Waals surface area contributed by atoms with Crippen LogP contribution < -0.4 is 4.72 Å². The van der Waals surface area contributed by atoms with Crippen LogP contribution in [0.25, 0.3) is 0 Å². The molecule has 0 aromatic heterocycles. The number of hydrogen-bond donors (Lipinski definition) is 1. The molecule has 25 heavy (non-hydrogen) atoms. The van der Waals surface area contributed by atoms with Crippen LogP contribution in [0.2, 0.25) is 0 Å². The van der Waals surface area contributed by atoms with E-state index in [0.29, 0.717) is 5.56 Å². The highest BCUT2D eigenvalue weighted by molar-refractivity contribution is 8.01. The van der Waals surface area contributed by atoms with Crippen LogP contribution >= 0.6 is 0 Å². The monoisotopic (exact) mass is 371 g/mol. The molecule has 0 bridgehead atoms. The van der Waals surface area contributed by atoms with Crippen LogP contribution in [-0.2, 0) is 20.6 Å². The van der Waals surface area contributed by atoms with Gasteiger partial charge in [0.1, 0.15) is 0 Å². The number of hydrogen-bond acceptors (Lipinski definition) is 3. The van der Waals surface area contributed by atoms with E-state index in [1.807, 2.05) is 0 Å². The molecule has 2 aromatic carbocycles. The van der Waals surface area contributed by atoms with Crippen molar-refractivity contribution in [1.82, 2.24) is 0 Å². The zero-order valence-corrected chi connectivity index (χ0v) is 14.3. The van der Waals surface area contributed by atoms with Gasteiger partial charge >= 0.3 is 12.1 Å². The zero-order chi connectivity index (χ0) is 18.8. The van der Waals surface area contributed by atoms with Crippen molar-refractivity contribution >= 4 is 27.2 Å². The molecule has 2 rings (SSSR count). The van der Waals surface area contributed by atoms with Gasteiger partial charge in [-0.2, -0.15) is 13.2 Å². The van der Waals surface area contributed by atoms with Gasteiger partial charge in [0.2, 0.25) is 0 Å². The fourth-order valence-corrected chi connectivity index (χ4v) is 3.50. The summed E-state index contributed by atoms with van der Waals surface area (Å²) in [6.07, 6.45) is -4.56. The SMILES string of the molecule is C=S(=O)(Nc1cccc(C)c1C(=O)OC)c1cccc(C(F)(F)F)c1. The maximum absolute atomic E-state index is 12.9. The Hall–Kier alpha value is -2.48. The molecule has 2 aromatic rings. The highest BCUT2D eigenvalue weighted by Crippen LogP contribution is 2.31. The minimum atomic E-state index is -4.56. The summed E-state index contributed by atoms with van der Waals surface area (Å²) in [6.45, 7) is 1.66. The molecule has 134 valence electrons. The Labute approximate surface area is 143 Å². The third-order valence-corrected chi connectivity index (χ3v) is 5.04. The Morgan fingerprint density at radius 2 is 1.84 bits per heavy atom. The van der Waals surface area contributed by atoms with Gasteiger partial charge in [0, 0.05) is 0 Å². The lowest BCUT2D eigenvalue weighted by molar-refractivity contribution is -0.137. The van der Waals surface area contributed by atoms with Crippen molar-refractivity contribution in [3.63, 3.8) is 0 Å². The largest absolute Gasteiger partial charge is 0.465 e. The van der Waals surface area contributed by atoms with Gasteiger partial charge in [-0.15, -0.1) is 0 Å². The van der Waals surface area contributed by atoms with E-state index < -0.39 is 27.4 Å². The van der Waals surface area contributed by atoms with Gasteiger partial charge in [-0.3, -0.25) is 0 Å². The van der Waals surface area contributed by atoms with E-state index in [1.165, 1.54) is 19.2 Å². The van der Waals surface area contributed by atoms with Gasteiger partial charge in [0.15, 0.2) is 0 Å². The first-order valence-corrected chi connectivity index (χ1v) is 8.79. The molecule has 1 unspecified atom stereocenters. The number of benzene rings is 2. The van der Waals surface area contributed by atoms with Gasteiger partial charge in [-0.05, 0) is 42.6 Å². The van der Waals surface area contributed by atoms with Crippen LogP contribution in [0.1, 0.15) is 21.5 Å². The van der Waals surface area contributed by atoms with Crippen LogP contribution in [0.3, 0.4) is 0 Å². The fourth-order valence-electron chi connectivity index (χ4n) is 2.24. The summed E-state index contributed by atoms with van der Waals surface area (Å²) in [5, 5.41) is 0. The number of halogens is 3. The number of rotatable bonds is 4. The third kappa shape index (κ3) is 4.14. The van der Waals surface area contributed by atoms with Crippen molar-refractivity contribution < 1.29 is 26.9 Å². The lowest BCUT2D eigenvalue weighted by atomic mass is 10.1. The number of methoxy groups -OCH3 is 1. The highest BCUT2D eigenvalue weighted by Gasteiger charge is 2.31. The summed E-state index contributed by atoms with van der Waals surface area (Å²) in [7, 11) is -2.13. The minimum Gasteiger partial charge on any atom is -0.465 e. The summed E-state index contributed by atoms with van der Waals surface area (Å²) in [5.74, 6) is 2.86. The van der Waals surface area contributed by atoms with E-state index >= 15 is 0 Å². The number of alkyl halides is 3. The number of nitrogens with one attached hydrogen (secondary N) is 1. The molecule has 1 atom stereocenters. The number of carbonyl (C=O) groups is 1. The summed E-state index contributed by atoms with van der Waals surface area (Å²) >= 11 is 0. The summed E-state index contributed by atoms with van der Waals surface area (Å²) < 4.78 is 58.7. The minimum absolute atomic E-state index is 0.125. The molecule has 0 radical (unpaired) electrons. The zero-order valence-electron chi connectivity index (χ0n) is 13.5. The molecule has 0 saturated carbocycles. The molecule has 0 spiro atoms. The summed E-state index contributed by atoms with van der Waals surface area (Å²) in [5.41, 5.74) is -0.0469. The Kier molecular flexibility index (Phi) is 5.12. The fraction of sp³-hybridized carbons (Fsp3) is 0.176. The van der Waals surface area contributed by atoms with Crippen LogP contribution in [0.4, 0.5) is 18.9 Å². The molecule has 0 fully saturated rings.